The van der Waals surface area contributed by atoms with E-state index < -0.39 is 0 Å². The molecule has 1 nitrogen and oxygen atoms in total. The summed E-state index contributed by atoms with van der Waals surface area (Å²) in [5, 5.41) is 0. The smallest absolute Gasteiger partial charge is 0.0990 e. The number of hydrogen-bond donors (Lipinski definition) is 1. The van der Waals surface area contributed by atoms with E-state index in [9.17, 15) is 0 Å². The maximum atomic E-state index is 2.28. The van der Waals surface area contributed by atoms with Gasteiger partial charge in [0.05, 0.1) is 18.9 Å². The molecule has 98 valence electrons. The molecule has 0 radical (unpaired) electrons. The fraction of sp³-hybridized carbons (Fsp3) is 0.750. The number of rotatable bonds is 11. The summed E-state index contributed by atoms with van der Waals surface area (Å²) >= 11 is 0. The molecule has 0 saturated heterocycles. The first-order valence-corrected chi connectivity index (χ1v) is 7.64. The number of allylic oxidation sites excluding steroid dienone is 2. The van der Waals surface area contributed by atoms with Crippen LogP contribution in [0.15, 0.2) is 24.6 Å². The van der Waals surface area contributed by atoms with Gasteiger partial charge in [0.2, 0.25) is 0 Å². The van der Waals surface area contributed by atoms with Crippen molar-refractivity contribution in [1.29, 1.82) is 0 Å². The van der Waals surface area contributed by atoms with Gasteiger partial charge in [0.25, 0.3) is 0 Å². The van der Waals surface area contributed by atoms with Crippen LogP contribution in [0.25, 0.3) is 0 Å². The maximum absolute atomic E-state index is 2.28. The van der Waals surface area contributed by atoms with Gasteiger partial charge in [-0.05, 0) is 25.0 Å². The minimum Gasteiger partial charge on any atom is -0.282 e. The lowest BCUT2D eigenvalue weighted by atomic mass is 10.1. The van der Waals surface area contributed by atoms with E-state index in [-0.39, 0.29) is 0 Å². The topological polar surface area (TPSA) is 4.44 Å². The Hall–Kier alpha value is -0.560. The molecule has 1 aliphatic rings. The molecule has 0 aliphatic carbocycles. The summed E-state index contributed by atoms with van der Waals surface area (Å²) in [5.41, 5.74) is 0. The highest BCUT2D eigenvalue weighted by Crippen LogP contribution is 2.09. The molecule has 1 rings (SSSR count). The highest BCUT2D eigenvalue weighted by molar-refractivity contribution is 5.00. The van der Waals surface area contributed by atoms with E-state index in [0.29, 0.717) is 0 Å². The lowest BCUT2D eigenvalue weighted by Gasteiger charge is -2.06. The van der Waals surface area contributed by atoms with E-state index in [2.05, 4.69) is 31.5 Å². The Morgan fingerprint density at radius 2 is 1.12 bits per heavy atom. The molecule has 0 amide bonds. The lowest BCUT2D eigenvalue weighted by Crippen LogP contribution is -3.01. The molecule has 0 fully saturated rings. The minimum atomic E-state index is 1.28. The van der Waals surface area contributed by atoms with Gasteiger partial charge < -0.3 is 0 Å². The predicted octanol–water partition coefficient (Wildman–Crippen LogP) is 3.83. The molecule has 0 aromatic heterocycles. The van der Waals surface area contributed by atoms with Crippen LogP contribution in [0.5, 0.6) is 0 Å². The average Bonchev–Trinajstić information content (AvgIpc) is 2.85. The molecule has 1 N–H and O–H groups in total. The highest BCUT2D eigenvalue weighted by Gasteiger charge is 2.02. The predicted molar refractivity (Wildman–Crippen MR) is 76.0 cm³/mol. The SMILES string of the molecule is CCCCCCCCCCCC[NH+]1C=CC=C1. The molecule has 0 aromatic rings. The van der Waals surface area contributed by atoms with Gasteiger partial charge in [0.15, 0.2) is 0 Å². The van der Waals surface area contributed by atoms with Crippen molar-refractivity contribution in [3.63, 3.8) is 0 Å². The second-order valence-electron chi connectivity index (χ2n) is 5.23. The third-order valence-corrected chi connectivity index (χ3v) is 3.55. The third kappa shape index (κ3) is 8.20. The van der Waals surface area contributed by atoms with Gasteiger partial charge in [-0.2, -0.15) is 0 Å². The van der Waals surface area contributed by atoms with Crippen LogP contribution in [-0.4, -0.2) is 6.54 Å². The number of hydrogen-bond acceptors (Lipinski definition) is 0. The van der Waals surface area contributed by atoms with Crippen molar-refractivity contribution in [1.82, 2.24) is 0 Å². The van der Waals surface area contributed by atoms with E-state index in [1.54, 1.807) is 0 Å². The summed E-state index contributed by atoms with van der Waals surface area (Å²) in [6, 6.07) is 0. The van der Waals surface area contributed by atoms with Crippen molar-refractivity contribution in [2.45, 2.75) is 71.1 Å². The molecule has 1 heteroatoms. The van der Waals surface area contributed by atoms with Crippen LogP contribution < -0.4 is 4.90 Å². The zero-order chi connectivity index (χ0) is 12.2. The van der Waals surface area contributed by atoms with Crippen molar-refractivity contribution < 1.29 is 4.90 Å². The lowest BCUT2D eigenvalue weighted by molar-refractivity contribution is -0.787. The molecule has 0 unspecified atom stereocenters. The van der Waals surface area contributed by atoms with Crippen molar-refractivity contribution in [2.24, 2.45) is 0 Å². The summed E-state index contributed by atoms with van der Waals surface area (Å²) in [7, 11) is 0. The van der Waals surface area contributed by atoms with Gasteiger partial charge in [0, 0.05) is 0 Å². The minimum absolute atomic E-state index is 1.28. The highest BCUT2D eigenvalue weighted by atomic mass is 15.1. The third-order valence-electron chi connectivity index (χ3n) is 3.55. The van der Waals surface area contributed by atoms with E-state index in [1.165, 1.54) is 75.7 Å². The summed E-state index contributed by atoms with van der Waals surface area (Å²) in [4.78, 5) is 1.52. The molecule has 0 spiro atoms. The zero-order valence-electron chi connectivity index (χ0n) is 11.6. The molecule has 0 aromatic carbocycles. The molecule has 0 saturated carbocycles. The molecule has 1 heterocycles. The van der Waals surface area contributed by atoms with Gasteiger partial charge in [-0.25, -0.2) is 0 Å². The average molecular weight is 236 g/mol. The Labute approximate surface area is 108 Å². The van der Waals surface area contributed by atoms with Gasteiger partial charge >= 0.3 is 0 Å². The van der Waals surface area contributed by atoms with Crippen molar-refractivity contribution in [2.75, 3.05) is 6.54 Å². The van der Waals surface area contributed by atoms with Gasteiger partial charge in [-0.1, -0.05) is 58.3 Å². The molecule has 0 bridgehead atoms. The zero-order valence-corrected chi connectivity index (χ0v) is 11.6. The molecule has 1 aliphatic heterocycles. The summed E-state index contributed by atoms with van der Waals surface area (Å²) in [6.45, 7) is 3.57. The first-order chi connectivity index (χ1) is 8.43. The first kappa shape index (κ1) is 14.5. The van der Waals surface area contributed by atoms with Crippen molar-refractivity contribution >= 4 is 0 Å². The Balaban J connectivity index is 1.72. The fourth-order valence-electron chi connectivity index (χ4n) is 2.40. The molecule has 17 heavy (non-hydrogen) atoms. The van der Waals surface area contributed by atoms with E-state index in [1.807, 2.05) is 0 Å². The Bertz CT molecular complexity index is 206. The molecule has 0 atom stereocenters. The van der Waals surface area contributed by atoms with Crippen LogP contribution in [0.1, 0.15) is 71.1 Å². The largest absolute Gasteiger partial charge is 0.282 e. The van der Waals surface area contributed by atoms with Crippen LogP contribution in [0.4, 0.5) is 0 Å². The Morgan fingerprint density at radius 3 is 1.65 bits per heavy atom. The summed E-state index contributed by atoms with van der Waals surface area (Å²) in [6.07, 6.45) is 23.1. The van der Waals surface area contributed by atoms with Crippen LogP contribution in [0.3, 0.4) is 0 Å². The van der Waals surface area contributed by atoms with E-state index in [4.69, 9.17) is 0 Å². The standard InChI is InChI=1S/C16H29N/c1-2-3-4-5-6-7-8-9-10-11-14-17-15-12-13-16-17/h12-13,15-16H,2-11,14H2,1H3/p+1. The van der Waals surface area contributed by atoms with E-state index in [0.717, 1.165) is 0 Å². The van der Waals surface area contributed by atoms with Crippen LogP contribution in [0, 0.1) is 0 Å². The van der Waals surface area contributed by atoms with Gasteiger partial charge in [-0.15, -0.1) is 0 Å². The summed E-state index contributed by atoms with van der Waals surface area (Å²) in [5.74, 6) is 0. The Morgan fingerprint density at radius 1 is 0.647 bits per heavy atom. The fourth-order valence-corrected chi connectivity index (χ4v) is 2.40. The second kappa shape index (κ2) is 10.6. The number of nitrogens with one attached hydrogen (secondary N) is 1. The van der Waals surface area contributed by atoms with Crippen LogP contribution in [-0.2, 0) is 0 Å². The normalized spacial score (nSPS) is 14.9. The number of unbranched alkanes of at least 4 members (excludes halogenated alkanes) is 9. The van der Waals surface area contributed by atoms with Crippen LogP contribution >= 0.6 is 0 Å². The quantitative estimate of drug-likeness (QED) is 0.520. The Kier molecular flexibility index (Phi) is 9.03. The first-order valence-electron chi connectivity index (χ1n) is 7.64. The monoisotopic (exact) mass is 236 g/mol. The van der Waals surface area contributed by atoms with Crippen LogP contribution in [0.2, 0.25) is 0 Å². The second-order valence-corrected chi connectivity index (χ2v) is 5.23. The van der Waals surface area contributed by atoms with E-state index >= 15 is 0 Å². The van der Waals surface area contributed by atoms with Gasteiger partial charge in [0.1, 0.15) is 0 Å². The van der Waals surface area contributed by atoms with Gasteiger partial charge in [-0.3, -0.25) is 4.90 Å². The van der Waals surface area contributed by atoms with Crippen molar-refractivity contribution in [3.8, 4) is 0 Å². The molecular weight excluding hydrogens is 206 g/mol. The number of quaternary nitrogens is 1. The van der Waals surface area contributed by atoms with Crippen molar-refractivity contribution in [3.05, 3.63) is 24.6 Å². The summed E-state index contributed by atoms with van der Waals surface area (Å²) < 4.78 is 0. The maximum Gasteiger partial charge on any atom is 0.0990 e. The molecular formula is C16H30N+.